The van der Waals surface area contributed by atoms with E-state index in [1.54, 1.807) is 6.20 Å². The molecule has 0 aliphatic carbocycles. The van der Waals surface area contributed by atoms with Gasteiger partial charge in [0.15, 0.2) is 0 Å². The fourth-order valence-electron chi connectivity index (χ4n) is 3.71. The van der Waals surface area contributed by atoms with Crippen LogP contribution in [0.3, 0.4) is 0 Å². The van der Waals surface area contributed by atoms with Crippen molar-refractivity contribution in [3.8, 4) is 0 Å². The SMILES string of the molecule is CC(C)(C)C(=O)N[C@@H](c1ccccn1)[C@H]1CCCN(Cc2ccc(F)cc2)C1. The maximum Gasteiger partial charge on any atom is 0.225 e. The van der Waals surface area contributed by atoms with Crippen LogP contribution < -0.4 is 5.32 Å². The molecule has 1 amide bonds. The van der Waals surface area contributed by atoms with Crippen LogP contribution in [0.5, 0.6) is 0 Å². The van der Waals surface area contributed by atoms with Gasteiger partial charge in [-0.1, -0.05) is 39.0 Å². The predicted molar refractivity (Wildman–Crippen MR) is 109 cm³/mol. The lowest BCUT2D eigenvalue weighted by atomic mass is 9.86. The number of likely N-dealkylation sites (tertiary alicyclic amines) is 1. The fourth-order valence-corrected chi connectivity index (χ4v) is 3.71. The van der Waals surface area contributed by atoms with E-state index in [-0.39, 0.29) is 23.7 Å². The van der Waals surface area contributed by atoms with Crippen molar-refractivity contribution >= 4 is 5.91 Å². The molecule has 2 atom stereocenters. The zero-order valence-corrected chi connectivity index (χ0v) is 17.0. The van der Waals surface area contributed by atoms with Crippen LogP contribution in [0.1, 0.15) is 50.9 Å². The number of benzene rings is 1. The minimum absolute atomic E-state index is 0.0406. The lowest BCUT2D eigenvalue weighted by Gasteiger charge is -2.38. The van der Waals surface area contributed by atoms with Gasteiger partial charge in [-0.15, -0.1) is 0 Å². The number of nitrogens with zero attached hydrogens (tertiary/aromatic N) is 2. The molecule has 1 fully saturated rings. The van der Waals surface area contributed by atoms with Crippen LogP contribution in [-0.2, 0) is 11.3 Å². The number of amides is 1. The average molecular weight is 384 g/mol. The Morgan fingerprint density at radius 2 is 2.00 bits per heavy atom. The van der Waals surface area contributed by atoms with Crippen molar-refractivity contribution in [2.45, 2.75) is 46.2 Å². The van der Waals surface area contributed by atoms with Crippen molar-refractivity contribution in [1.82, 2.24) is 15.2 Å². The third-order valence-corrected chi connectivity index (χ3v) is 5.31. The molecule has 1 saturated heterocycles. The van der Waals surface area contributed by atoms with Crippen LogP contribution in [0.15, 0.2) is 48.7 Å². The molecule has 0 saturated carbocycles. The van der Waals surface area contributed by atoms with Gasteiger partial charge in [0.25, 0.3) is 0 Å². The molecule has 1 aromatic carbocycles. The number of aromatic nitrogens is 1. The number of carbonyl (C=O) groups is 1. The first kappa shape index (κ1) is 20.5. The highest BCUT2D eigenvalue weighted by molar-refractivity contribution is 5.81. The molecule has 4 nitrogen and oxygen atoms in total. The fraction of sp³-hybridized carbons (Fsp3) is 0.478. The van der Waals surface area contributed by atoms with E-state index in [1.165, 1.54) is 12.1 Å². The molecule has 5 heteroatoms. The van der Waals surface area contributed by atoms with E-state index in [1.807, 2.05) is 51.1 Å². The van der Waals surface area contributed by atoms with Crippen molar-refractivity contribution in [2.75, 3.05) is 13.1 Å². The molecule has 28 heavy (non-hydrogen) atoms. The summed E-state index contributed by atoms with van der Waals surface area (Å²) in [5.74, 6) is 0.120. The molecular weight excluding hydrogens is 353 g/mol. The zero-order chi connectivity index (χ0) is 20.1. The van der Waals surface area contributed by atoms with Gasteiger partial charge in [0.1, 0.15) is 5.82 Å². The molecule has 0 unspecified atom stereocenters. The van der Waals surface area contributed by atoms with Gasteiger partial charge < -0.3 is 5.32 Å². The summed E-state index contributed by atoms with van der Waals surface area (Å²) in [5.41, 5.74) is 1.57. The second kappa shape index (κ2) is 8.82. The van der Waals surface area contributed by atoms with Crippen LogP contribution in [0, 0.1) is 17.2 Å². The largest absolute Gasteiger partial charge is 0.347 e. The molecule has 1 aromatic heterocycles. The molecule has 150 valence electrons. The van der Waals surface area contributed by atoms with Crippen LogP contribution in [0.4, 0.5) is 4.39 Å². The third-order valence-electron chi connectivity index (χ3n) is 5.31. The highest BCUT2D eigenvalue weighted by atomic mass is 19.1. The Labute approximate surface area is 167 Å². The Morgan fingerprint density at radius 1 is 1.25 bits per heavy atom. The van der Waals surface area contributed by atoms with Gasteiger partial charge in [-0.2, -0.15) is 0 Å². The molecule has 3 rings (SSSR count). The summed E-state index contributed by atoms with van der Waals surface area (Å²) in [4.78, 5) is 19.6. The molecule has 1 aliphatic heterocycles. The first-order chi connectivity index (χ1) is 13.3. The Kier molecular flexibility index (Phi) is 6.45. The summed E-state index contributed by atoms with van der Waals surface area (Å²) in [6, 6.07) is 12.5. The standard InChI is InChI=1S/C23H30FN3O/c1-23(2,3)22(28)26-21(20-8-4-5-13-25-20)18-7-6-14-27(16-18)15-17-9-11-19(24)12-10-17/h4-5,8-13,18,21H,6-7,14-16H2,1-3H3,(H,26,28)/t18-,21+/m0/s1. The highest BCUT2D eigenvalue weighted by Gasteiger charge is 2.33. The van der Waals surface area contributed by atoms with Crippen LogP contribution in [-0.4, -0.2) is 28.9 Å². The number of hydrogen-bond acceptors (Lipinski definition) is 3. The minimum atomic E-state index is -0.449. The van der Waals surface area contributed by atoms with Gasteiger partial charge in [-0.25, -0.2) is 4.39 Å². The number of halogens is 1. The zero-order valence-electron chi connectivity index (χ0n) is 17.0. The Balaban J connectivity index is 1.75. The summed E-state index contributed by atoms with van der Waals surface area (Å²) in [6.45, 7) is 8.47. The lowest BCUT2D eigenvalue weighted by Crippen LogP contribution is -2.45. The molecule has 0 bridgehead atoms. The molecule has 1 aliphatic rings. The summed E-state index contributed by atoms with van der Waals surface area (Å²) >= 11 is 0. The second-order valence-electron chi connectivity index (χ2n) is 8.72. The van der Waals surface area contributed by atoms with Gasteiger partial charge in [-0.3, -0.25) is 14.7 Å². The third kappa shape index (κ3) is 5.38. The van der Waals surface area contributed by atoms with Crippen LogP contribution in [0.25, 0.3) is 0 Å². The number of carbonyl (C=O) groups excluding carboxylic acids is 1. The van der Waals surface area contributed by atoms with Gasteiger partial charge in [0, 0.05) is 24.7 Å². The number of hydrogen-bond donors (Lipinski definition) is 1. The van der Waals surface area contributed by atoms with Crippen molar-refractivity contribution in [3.05, 3.63) is 65.7 Å². The number of pyridine rings is 1. The van der Waals surface area contributed by atoms with Crippen molar-refractivity contribution < 1.29 is 9.18 Å². The van der Waals surface area contributed by atoms with Crippen molar-refractivity contribution in [3.63, 3.8) is 0 Å². The monoisotopic (exact) mass is 383 g/mol. The maximum absolute atomic E-state index is 13.2. The van der Waals surface area contributed by atoms with Gasteiger partial charge >= 0.3 is 0 Å². The summed E-state index contributed by atoms with van der Waals surface area (Å²) in [7, 11) is 0. The Morgan fingerprint density at radius 3 is 2.64 bits per heavy atom. The summed E-state index contributed by atoms with van der Waals surface area (Å²) in [6.07, 6.45) is 3.90. The van der Waals surface area contributed by atoms with E-state index in [0.29, 0.717) is 0 Å². The van der Waals surface area contributed by atoms with Crippen molar-refractivity contribution in [2.24, 2.45) is 11.3 Å². The number of piperidine rings is 1. The molecule has 2 aromatic rings. The molecule has 2 heterocycles. The minimum Gasteiger partial charge on any atom is -0.347 e. The van der Waals surface area contributed by atoms with Crippen LogP contribution in [0.2, 0.25) is 0 Å². The highest BCUT2D eigenvalue weighted by Crippen LogP contribution is 2.31. The Bertz CT molecular complexity index is 771. The first-order valence-electron chi connectivity index (χ1n) is 10.0. The average Bonchev–Trinajstić information content (AvgIpc) is 2.68. The topological polar surface area (TPSA) is 45.2 Å². The molecular formula is C23H30FN3O. The molecule has 0 radical (unpaired) electrons. The smallest absolute Gasteiger partial charge is 0.225 e. The van der Waals surface area contributed by atoms with E-state index >= 15 is 0 Å². The second-order valence-corrected chi connectivity index (χ2v) is 8.72. The number of nitrogens with one attached hydrogen (secondary N) is 1. The van der Waals surface area contributed by atoms with Gasteiger partial charge in [0.05, 0.1) is 11.7 Å². The van der Waals surface area contributed by atoms with Gasteiger partial charge in [0.2, 0.25) is 5.91 Å². The quantitative estimate of drug-likeness (QED) is 0.836. The predicted octanol–water partition coefficient (Wildman–Crippen LogP) is 4.34. The van der Waals surface area contributed by atoms with E-state index in [2.05, 4.69) is 15.2 Å². The van der Waals surface area contributed by atoms with E-state index in [0.717, 1.165) is 43.7 Å². The lowest BCUT2D eigenvalue weighted by molar-refractivity contribution is -0.130. The molecule has 0 spiro atoms. The number of rotatable bonds is 5. The van der Waals surface area contributed by atoms with Crippen molar-refractivity contribution in [1.29, 1.82) is 0 Å². The van der Waals surface area contributed by atoms with E-state index in [4.69, 9.17) is 0 Å². The first-order valence-corrected chi connectivity index (χ1v) is 10.0. The van der Waals surface area contributed by atoms with E-state index < -0.39 is 5.41 Å². The Hall–Kier alpha value is -2.27. The summed E-state index contributed by atoms with van der Waals surface area (Å²) in [5, 5.41) is 3.26. The normalized spacial score (nSPS) is 19.2. The van der Waals surface area contributed by atoms with E-state index in [9.17, 15) is 9.18 Å². The van der Waals surface area contributed by atoms with Gasteiger partial charge in [-0.05, 0) is 55.1 Å². The van der Waals surface area contributed by atoms with Crippen LogP contribution >= 0.6 is 0 Å². The maximum atomic E-state index is 13.2. The summed E-state index contributed by atoms with van der Waals surface area (Å²) < 4.78 is 13.2. The molecule has 1 N–H and O–H groups in total.